The molecule has 7 nitrogen and oxygen atoms in total. The first-order valence-electron chi connectivity index (χ1n) is 4.75. The Kier molecular flexibility index (Phi) is 3.26. The Balaban J connectivity index is 2.39. The van der Waals surface area contributed by atoms with Crippen LogP contribution in [0.15, 0.2) is 32.2 Å². The van der Waals surface area contributed by atoms with Crippen molar-refractivity contribution in [3.63, 3.8) is 0 Å². The largest absolute Gasteiger partial charge is 0.383 e. The van der Waals surface area contributed by atoms with Crippen molar-refractivity contribution < 1.29 is 12.9 Å². The van der Waals surface area contributed by atoms with Crippen molar-refractivity contribution in [3.05, 3.63) is 28.5 Å². The highest BCUT2D eigenvalue weighted by Gasteiger charge is 2.20. The lowest BCUT2D eigenvalue weighted by molar-refractivity contribution is 0.430. The Morgan fingerprint density at radius 1 is 1.44 bits per heavy atom. The third-order valence-corrected chi connectivity index (χ3v) is 3.81. The topological polar surface area (TPSA) is 111 Å². The van der Waals surface area contributed by atoms with E-state index in [4.69, 9.17) is 10.3 Å². The molecule has 18 heavy (non-hydrogen) atoms. The van der Waals surface area contributed by atoms with Gasteiger partial charge < -0.3 is 10.3 Å². The van der Waals surface area contributed by atoms with Gasteiger partial charge in [-0.05, 0) is 28.9 Å². The van der Waals surface area contributed by atoms with Crippen LogP contribution in [0.1, 0.15) is 5.69 Å². The van der Waals surface area contributed by atoms with Crippen LogP contribution in [0.2, 0.25) is 0 Å². The molecule has 96 valence electrons. The Morgan fingerprint density at radius 2 is 2.17 bits per heavy atom. The van der Waals surface area contributed by atoms with Crippen molar-refractivity contribution in [2.75, 3.05) is 10.5 Å². The first kappa shape index (κ1) is 12.8. The number of aromatic nitrogens is 2. The molecule has 0 saturated carbocycles. The van der Waals surface area contributed by atoms with Crippen LogP contribution >= 0.6 is 15.9 Å². The first-order chi connectivity index (χ1) is 8.38. The average molecular weight is 333 g/mol. The molecule has 9 heteroatoms. The number of rotatable bonds is 3. The second-order valence-corrected chi connectivity index (χ2v) is 6.04. The Labute approximate surface area is 112 Å². The quantitative estimate of drug-likeness (QED) is 0.881. The van der Waals surface area contributed by atoms with E-state index in [9.17, 15) is 8.42 Å². The van der Waals surface area contributed by atoms with Crippen LogP contribution < -0.4 is 10.5 Å². The molecule has 2 aromatic rings. The van der Waals surface area contributed by atoms with Crippen LogP contribution in [0.3, 0.4) is 0 Å². The minimum atomic E-state index is -3.85. The molecule has 2 aromatic heterocycles. The van der Waals surface area contributed by atoms with E-state index in [-0.39, 0.29) is 16.6 Å². The SMILES string of the molecule is Cc1cc(NS(=O)(=O)c2cc(Br)cnc2N)on1. The van der Waals surface area contributed by atoms with Crippen molar-refractivity contribution in [2.24, 2.45) is 0 Å². The second kappa shape index (κ2) is 4.58. The molecular formula is C9H9BrN4O3S. The summed E-state index contributed by atoms with van der Waals surface area (Å²) >= 11 is 3.13. The van der Waals surface area contributed by atoms with Crippen LogP contribution in [-0.2, 0) is 10.0 Å². The highest BCUT2D eigenvalue weighted by atomic mass is 79.9. The standard InChI is InChI=1S/C9H9BrN4O3S/c1-5-2-8(17-13-5)14-18(15,16)7-3-6(10)4-12-9(7)11/h2-4,14H,1H3,(H2,11,12). The molecule has 2 heterocycles. The lowest BCUT2D eigenvalue weighted by Gasteiger charge is -2.06. The average Bonchev–Trinajstić information content (AvgIpc) is 2.66. The molecule has 0 aliphatic rings. The summed E-state index contributed by atoms with van der Waals surface area (Å²) in [5.74, 6) is -0.0752. The van der Waals surface area contributed by atoms with E-state index < -0.39 is 10.0 Å². The number of hydrogen-bond donors (Lipinski definition) is 2. The van der Waals surface area contributed by atoms with Gasteiger partial charge in [0.25, 0.3) is 10.0 Å². The summed E-state index contributed by atoms with van der Waals surface area (Å²) in [6, 6.07) is 2.81. The molecule has 0 aromatic carbocycles. The summed E-state index contributed by atoms with van der Waals surface area (Å²) in [5.41, 5.74) is 6.10. The molecule has 2 rings (SSSR count). The molecule has 0 aliphatic heterocycles. The molecule has 0 saturated heterocycles. The zero-order valence-corrected chi connectivity index (χ0v) is 11.6. The second-order valence-electron chi connectivity index (χ2n) is 3.47. The van der Waals surface area contributed by atoms with Crippen molar-refractivity contribution in [1.82, 2.24) is 10.1 Å². The number of hydrogen-bond acceptors (Lipinski definition) is 6. The molecule has 0 unspecified atom stereocenters. The summed E-state index contributed by atoms with van der Waals surface area (Å²) in [6.45, 7) is 1.68. The molecule has 0 bridgehead atoms. The Morgan fingerprint density at radius 3 is 2.78 bits per heavy atom. The molecule has 0 radical (unpaired) electrons. The van der Waals surface area contributed by atoms with Gasteiger partial charge >= 0.3 is 0 Å². The van der Waals surface area contributed by atoms with Gasteiger partial charge in [-0.1, -0.05) is 5.16 Å². The number of nitrogen functional groups attached to an aromatic ring is 1. The van der Waals surface area contributed by atoms with Crippen molar-refractivity contribution in [3.8, 4) is 0 Å². The molecule has 0 amide bonds. The van der Waals surface area contributed by atoms with Gasteiger partial charge in [-0.25, -0.2) is 18.1 Å². The van der Waals surface area contributed by atoms with E-state index in [1.54, 1.807) is 6.92 Å². The predicted molar refractivity (Wildman–Crippen MR) is 68.4 cm³/mol. The fraction of sp³-hybridized carbons (Fsp3) is 0.111. The zero-order valence-electron chi connectivity index (χ0n) is 9.21. The van der Waals surface area contributed by atoms with E-state index >= 15 is 0 Å². The van der Waals surface area contributed by atoms with E-state index in [0.29, 0.717) is 10.2 Å². The van der Waals surface area contributed by atoms with Gasteiger partial charge in [-0.15, -0.1) is 0 Å². The third kappa shape index (κ3) is 2.62. The van der Waals surface area contributed by atoms with Crippen LogP contribution in [0, 0.1) is 6.92 Å². The van der Waals surface area contributed by atoms with Gasteiger partial charge in [0.1, 0.15) is 10.7 Å². The summed E-state index contributed by atoms with van der Waals surface area (Å²) < 4.78 is 31.6. The summed E-state index contributed by atoms with van der Waals surface area (Å²) in [5, 5.41) is 3.58. The lowest BCUT2D eigenvalue weighted by Crippen LogP contribution is -2.15. The zero-order chi connectivity index (χ0) is 13.3. The van der Waals surface area contributed by atoms with Gasteiger partial charge in [0.2, 0.25) is 5.88 Å². The maximum atomic E-state index is 12.0. The van der Waals surface area contributed by atoms with Gasteiger partial charge in [0.15, 0.2) is 0 Å². The fourth-order valence-corrected chi connectivity index (χ4v) is 2.81. The monoisotopic (exact) mass is 332 g/mol. The number of nitrogens with zero attached hydrogens (tertiary/aromatic N) is 2. The molecule has 0 aliphatic carbocycles. The van der Waals surface area contributed by atoms with Gasteiger partial charge in [-0.2, -0.15) is 0 Å². The van der Waals surface area contributed by atoms with Crippen LogP contribution in [-0.4, -0.2) is 18.6 Å². The number of pyridine rings is 1. The normalized spacial score (nSPS) is 11.4. The predicted octanol–water partition coefficient (Wildman–Crippen LogP) is 1.52. The van der Waals surface area contributed by atoms with Gasteiger partial charge in [0, 0.05) is 16.7 Å². The van der Waals surface area contributed by atoms with E-state index in [1.807, 2.05) is 0 Å². The molecule has 0 atom stereocenters. The van der Waals surface area contributed by atoms with E-state index in [2.05, 4.69) is 30.8 Å². The summed E-state index contributed by atoms with van der Waals surface area (Å²) in [6.07, 6.45) is 1.41. The summed E-state index contributed by atoms with van der Waals surface area (Å²) in [7, 11) is -3.85. The van der Waals surface area contributed by atoms with E-state index in [0.717, 1.165) is 0 Å². The molecule has 3 N–H and O–H groups in total. The Bertz CT molecular complexity index is 683. The summed E-state index contributed by atoms with van der Waals surface area (Å²) in [4.78, 5) is 3.62. The van der Waals surface area contributed by atoms with Crippen LogP contribution in [0.5, 0.6) is 0 Å². The maximum Gasteiger partial charge on any atom is 0.267 e. The van der Waals surface area contributed by atoms with Crippen LogP contribution in [0.4, 0.5) is 11.7 Å². The lowest BCUT2D eigenvalue weighted by atomic mass is 10.5. The van der Waals surface area contributed by atoms with Gasteiger partial charge in [-0.3, -0.25) is 0 Å². The fourth-order valence-electron chi connectivity index (χ4n) is 1.25. The van der Waals surface area contributed by atoms with Gasteiger partial charge in [0.05, 0.1) is 5.69 Å². The van der Waals surface area contributed by atoms with Crippen molar-refractivity contribution in [1.29, 1.82) is 0 Å². The Hall–Kier alpha value is -1.61. The van der Waals surface area contributed by atoms with Crippen molar-refractivity contribution >= 4 is 37.7 Å². The molecular weight excluding hydrogens is 324 g/mol. The highest BCUT2D eigenvalue weighted by Crippen LogP contribution is 2.23. The number of halogens is 1. The molecule has 0 fully saturated rings. The first-order valence-corrected chi connectivity index (χ1v) is 7.03. The number of sulfonamides is 1. The molecule has 0 spiro atoms. The van der Waals surface area contributed by atoms with Crippen molar-refractivity contribution in [2.45, 2.75) is 11.8 Å². The maximum absolute atomic E-state index is 12.0. The third-order valence-electron chi connectivity index (χ3n) is 2.00. The van der Waals surface area contributed by atoms with Crippen LogP contribution in [0.25, 0.3) is 0 Å². The minimum Gasteiger partial charge on any atom is -0.383 e. The number of nitrogens with one attached hydrogen (secondary N) is 1. The number of anilines is 2. The minimum absolute atomic E-state index is 0.0203. The number of nitrogens with two attached hydrogens (primary N) is 1. The smallest absolute Gasteiger partial charge is 0.267 e. The highest BCUT2D eigenvalue weighted by molar-refractivity contribution is 9.10. The van der Waals surface area contributed by atoms with E-state index in [1.165, 1.54) is 18.3 Å². The number of aryl methyl sites for hydroxylation is 1.